The molecule has 0 bridgehead atoms. The van der Waals surface area contributed by atoms with Crippen molar-refractivity contribution in [3.05, 3.63) is 23.5 Å². The molecule has 0 aliphatic heterocycles. The van der Waals surface area contributed by atoms with Crippen LogP contribution in [0.25, 0.3) is 0 Å². The van der Waals surface area contributed by atoms with E-state index in [0.29, 0.717) is 17.0 Å². The van der Waals surface area contributed by atoms with Gasteiger partial charge in [-0.1, -0.05) is 0 Å². The standard InChI is InChI=1S/C9H10N2O2/c1-6(12)9-7(5-10)8(13-2)3-4-11-9/h3-4,6,12H,1-2H3. The van der Waals surface area contributed by atoms with Crippen LogP contribution in [0, 0.1) is 11.3 Å². The second-order valence-electron chi connectivity index (χ2n) is 2.56. The number of hydrogen-bond acceptors (Lipinski definition) is 4. The maximum absolute atomic E-state index is 9.29. The van der Waals surface area contributed by atoms with Crippen molar-refractivity contribution >= 4 is 0 Å². The Labute approximate surface area is 76.4 Å². The van der Waals surface area contributed by atoms with Gasteiger partial charge in [0.25, 0.3) is 0 Å². The summed E-state index contributed by atoms with van der Waals surface area (Å²) in [4.78, 5) is 3.91. The Morgan fingerprint density at radius 3 is 2.85 bits per heavy atom. The molecule has 4 nitrogen and oxygen atoms in total. The van der Waals surface area contributed by atoms with Crippen LogP contribution in [0.3, 0.4) is 0 Å². The van der Waals surface area contributed by atoms with E-state index < -0.39 is 6.10 Å². The third-order valence-corrected chi connectivity index (χ3v) is 1.67. The summed E-state index contributed by atoms with van der Waals surface area (Å²) < 4.78 is 4.95. The van der Waals surface area contributed by atoms with E-state index in [4.69, 9.17) is 10.00 Å². The molecule has 0 spiro atoms. The number of rotatable bonds is 2. The highest BCUT2D eigenvalue weighted by atomic mass is 16.5. The summed E-state index contributed by atoms with van der Waals surface area (Å²) in [6.45, 7) is 1.56. The van der Waals surface area contributed by atoms with E-state index in [1.165, 1.54) is 13.3 Å². The fraction of sp³-hybridized carbons (Fsp3) is 0.333. The maximum atomic E-state index is 9.29. The predicted molar refractivity (Wildman–Crippen MR) is 46.1 cm³/mol. The fourth-order valence-electron chi connectivity index (χ4n) is 1.06. The zero-order chi connectivity index (χ0) is 9.84. The lowest BCUT2D eigenvalue weighted by Crippen LogP contribution is -2.01. The summed E-state index contributed by atoms with van der Waals surface area (Å²) in [7, 11) is 1.47. The zero-order valence-electron chi connectivity index (χ0n) is 7.48. The molecule has 0 saturated heterocycles. The Bertz CT molecular complexity index is 342. The van der Waals surface area contributed by atoms with Crippen molar-refractivity contribution < 1.29 is 9.84 Å². The fourth-order valence-corrected chi connectivity index (χ4v) is 1.06. The van der Waals surface area contributed by atoms with E-state index in [0.717, 1.165) is 0 Å². The van der Waals surface area contributed by atoms with Crippen LogP contribution in [0.5, 0.6) is 5.75 Å². The van der Waals surface area contributed by atoms with E-state index in [9.17, 15) is 5.11 Å². The largest absolute Gasteiger partial charge is 0.495 e. The van der Waals surface area contributed by atoms with Gasteiger partial charge < -0.3 is 9.84 Å². The Morgan fingerprint density at radius 2 is 2.38 bits per heavy atom. The monoisotopic (exact) mass is 178 g/mol. The SMILES string of the molecule is COc1ccnc(C(C)O)c1C#N. The molecule has 0 saturated carbocycles. The van der Waals surface area contributed by atoms with Crippen LogP contribution in [0.1, 0.15) is 24.3 Å². The number of nitrogens with zero attached hydrogens (tertiary/aromatic N) is 2. The zero-order valence-corrected chi connectivity index (χ0v) is 7.48. The molecule has 1 aromatic rings. The van der Waals surface area contributed by atoms with E-state index in [1.54, 1.807) is 13.0 Å². The summed E-state index contributed by atoms with van der Waals surface area (Å²) in [6, 6.07) is 3.54. The lowest BCUT2D eigenvalue weighted by molar-refractivity contribution is 0.193. The minimum atomic E-state index is -0.759. The second kappa shape index (κ2) is 3.87. The first-order valence-electron chi connectivity index (χ1n) is 3.81. The molecule has 0 aliphatic rings. The molecule has 4 heteroatoms. The van der Waals surface area contributed by atoms with Crippen LogP contribution in [0.2, 0.25) is 0 Å². The molecule has 1 rings (SSSR count). The Kier molecular flexibility index (Phi) is 2.83. The number of nitriles is 1. The summed E-state index contributed by atoms with van der Waals surface area (Å²) in [5, 5.41) is 18.1. The number of hydrogen-bond donors (Lipinski definition) is 1. The third-order valence-electron chi connectivity index (χ3n) is 1.67. The van der Waals surface area contributed by atoms with Gasteiger partial charge in [-0.25, -0.2) is 0 Å². The number of methoxy groups -OCH3 is 1. The molecule has 1 unspecified atom stereocenters. The van der Waals surface area contributed by atoms with Crippen molar-refractivity contribution in [2.75, 3.05) is 7.11 Å². The van der Waals surface area contributed by atoms with Gasteiger partial charge in [0.1, 0.15) is 17.4 Å². The summed E-state index contributed by atoms with van der Waals surface area (Å²) in [5.74, 6) is 0.438. The first-order valence-corrected chi connectivity index (χ1v) is 3.81. The summed E-state index contributed by atoms with van der Waals surface area (Å²) >= 11 is 0. The van der Waals surface area contributed by atoms with Gasteiger partial charge in [-0.15, -0.1) is 0 Å². The number of aromatic nitrogens is 1. The molecular weight excluding hydrogens is 168 g/mol. The van der Waals surface area contributed by atoms with Crippen molar-refractivity contribution in [3.8, 4) is 11.8 Å². The predicted octanol–water partition coefficient (Wildman–Crippen LogP) is 1.02. The van der Waals surface area contributed by atoms with Gasteiger partial charge in [-0.05, 0) is 13.0 Å². The van der Waals surface area contributed by atoms with Gasteiger partial charge in [-0.2, -0.15) is 5.26 Å². The molecule has 1 N–H and O–H groups in total. The van der Waals surface area contributed by atoms with Gasteiger partial charge >= 0.3 is 0 Å². The molecular formula is C9H10N2O2. The van der Waals surface area contributed by atoms with Crippen LogP contribution in [-0.4, -0.2) is 17.2 Å². The lowest BCUT2D eigenvalue weighted by Gasteiger charge is -2.08. The Morgan fingerprint density at radius 1 is 1.69 bits per heavy atom. The number of aliphatic hydroxyl groups is 1. The van der Waals surface area contributed by atoms with Crippen molar-refractivity contribution in [2.45, 2.75) is 13.0 Å². The maximum Gasteiger partial charge on any atom is 0.140 e. The van der Waals surface area contributed by atoms with Crippen molar-refractivity contribution in [1.82, 2.24) is 4.98 Å². The van der Waals surface area contributed by atoms with Crippen LogP contribution >= 0.6 is 0 Å². The Balaban J connectivity index is 3.29. The average Bonchev–Trinajstić information content (AvgIpc) is 2.16. The first-order chi connectivity index (χ1) is 6.20. The Hall–Kier alpha value is -1.60. The smallest absolute Gasteiger partial charge is 0.140 e. The van der Waals surface area contributed by atoms with Gasteiger partial charge in [0.2, 0.25) is 0 Å². The highest BCUT2D eigenvalue weighted by Gasteiger charge is 2.13. The first kappa shape index (κ1) is 9.49. The van der Waals surface area contributed by atoms with Gasteiger partial charge in [0, 0.05) is 6.20 Å². The topological polar surface area (TPSA) is 66.1 Å². The van der Waals surface area contributed by atoms with Crippen molar-refractivity contribution in [2.24, 2.45) is 0 Å². The molecule has 0 amide bonds. The molecule has 1 aromatic heterocycles. The molecule has 0 aliphatic carbocycles. The number of ether oxygens (including phenoxy) is 1. The quantitative estimate of drug-likeness (QED) is 0.734. The number of aliphatic hydroxyl groups excluding tert-OH is 1. The molecule has 0 fully saturated rings. The van der Waals surface area contributed by atoms with Crippen LogP contribution < -0.4 is 4.74 Å². The summed E-state index contributed by atoms with van der Waals surface area (Å²) in [6.07, 6.45) is 0.742. The molecule has 0 aromatic carbocycles. The van der Waals surface area contributed by atoms with E-state index in [-0.39, 0.29) is 0 Å². The summed E-state index contributed by atoms with van der Waals surface area (Å²) in [5.41, 5.74) is 0.641. The minimum absolute atomic E-state index is 0.292. The van der Waals surface area contributed by atoms with Gasteiger partial charge in [-0.3, -0.25) is 4.98 Å². The van der Waals surface area contributed by atoms with Crippen LogP contribution in [0.4, 0.5) is 0 Å². The highest BCUT2D eigenvalue weighted by molar-refractivity contribution is 5.46. The van der Waals surface area contributed by atoms with E-state index in [2.05, 4.69) is 4.98 Å². The second-order valence-corrected chi connectivity index (χ2v) is 2.56. The molecule has 1 atom stereocenters. The third kappa shape index (κ3) is 1.76. The molecule has 13 heavy (non-hydrogen) atoms. The average molecular weight is 178 g/mol. The van der Waals surface area contributed by atoms with Crippen LogP contribution in [0.15, 0.2) is 12.3 Å². The minimum Gasteiger partial charge on any atom is -0.495 e. The van der Waals surface area contributed by atoms with Crippen molar-refractivity contribution in [1.29, 1.82) is 5.26 Å². The van der Waals surface area contributed by atoms with E-state index in [1.807, 2.05) is 6.07 Å². The molecule has 68 valence electrons. The lowest BCUT2D eigenvalue weighted by atomic mass is 10.1. The van der Waals surface area contributed by atoms with Gasteiger partial charge in [0.05, 0.1) is 18.9 Å². The molecule has 1 heterocycles. The molecule has 0 radical (unpaired) electrons. The van der Waals surface area contributed by atoms with Gasteiger partial charge in [0.15, 0.2) is 0 Å². The van der Waals surface area contributed by atoms with Crippen LogP contribution in [-0.2, 0) is 0 Å². The number of pyridine rings is 1. The highest BCUT2D eigenvalue weighted by Crippen LogP contribution is 2.23. The normalized spacial score (nSPS) is 11.8. The van der Waals surface area contributed by atoms with Crippen molar-refractivity contribution in [3.63, 3.8) is 0 Å². The van der Waals surface area contributed by atoms with E-state index >= 15 is 0 Å².